The highest BCUT2D eigenvalue weighted by Crippen LogP contribution is 2.37. The van der Waals surface area contributed by atoms with Gasteiger partial charge in [-0.25, -0.2) is 0 Å². The molecule has 0 amide bonds. The molecule has 3 nitrogen and oxygen atoms in total. The van der Waals surface area contributed by atoms with Crippen LogP contribution in [0.3, 0.4) is 0 Å². The van der Waals surface area contributed by atoms with E-state index in [9.17, 15) is 4.79 Å². The Kier molecular flexibility index (Phi) is 4.75. The minimum atomic E-state index is -0.564. The number of halogens is 1. The number of hydrogen-bond acceptors (Lipinski definition) is 4. The van der Waals surface area contributed by atoms with E-state index in [0.717, 1.165) is 9.35 Å². The maximum atomic E-state index is 11.6. The summed E-state index contributed by atoms with van der Waals surface area (Å²) in [6.07, 6.45) is 0.568. The molecule has 1 aromatic heterocycles. The van der Waals surface area contributed by atoms with Crippen LogP contribution >= 0.6 is 27.3 Å². The van der Waals surface area contributed by atoms with Crippen LogP contribution in [0.15, 0.2) is 10.5 Å². The quantitative estimate of drug-likeness (QED) is 0.865. The summed E-state index contributed by atoms with van der Waals surface area (Å²) in [5.74, 6) is -0.225. The van der Waals surface area contributed by atoms with Crippen molar-refractivity contribution < 1.29 is 9.53 Å². The van der Waals surface area contributed by atoms with E-state index < -0.39 is 5.41 Å². The van der Waals surface area contributed by atoms with Crippen LogP contribution < -0.4 is 5.73 Å². The Bertz CT molecular complexity index is 415. The molecule has 1 atom stereocenters. The predicted octanol–water partition coefficient (Wildman–Crippen LogP) is 3.41. The van der Waals surface area contributed by atoms with Crippen molar-refractivity contribution in [1.82, 2.24) is 0 Å². The Morgan fingerprint density at radius 1 is 1.65 bits per heavy atom. The van der Waals surface area contributed by atoms with Gasteiger partial charge in [0.05, 0.1) is 12.5 Å². The molecule has 2 N–H and O–H groups in total. The van der Waals surface area contributed by atoms with Crippen LogP contribution in [0.1, 0.15) is 36.1 Å². The molecule has 0 spiro atoms. The molecule has 1 heterocycles. The van der Waals surface area contributed by atoms with Gasteiger partial charge in [-0.15, -0.1) is 11.3 Å². The average molecular weight is 320 g/mol. The first-order valence-electron chi connectivity index (χ1n) is 5.37. The Labute approximate surface area is 114 Å². The van der Waals surface area contributed by atoms with Crippen molar-refractivity contribution in [2.24, 2.45) is 11.1 Å². The predicted molar refractivity (Wildman–Crippen MR) is 74.1 cm³/mol. The topological polar surface area (TPSA) is 52.3 Å². The highest BCUT2D eigenvalue weighted by Gasteiger charge is 2.32. The van der Waals surface area contributed by atoms with Crippen molar-refractivity contribution in [2.75, 3.05) is 7.11 Å². The van der Waals surface area contributed by atoms with Crippen LogP contribution in [0.2, 0.25) is 0 Å². The summed E-state index contributed by atoms with van der Waals surface area (Å²) in [6.45, 7) is 5.75. The zero-order valence-electron chi connectivity index (χ0n) is 10.5. The van der Waals surface area contributed by atoms with Gasteiger partial charge < -0.3 is 10.5 Å². The van der Waals surface area contributed by atoms with Crippen LogP contribution in [0, 0.1) is 12.3 Å². The maximum Gasteiger partial charge on any atom is 0.311 e. The summed E-state index contributed by atoms with van der Waals surface area (Å²) < 4.78 is 5.81. The Hall–Kier alpha value is -0.390. The third kappa shape index (κ3) is 3.53. The summed E-state index contributed by atoms with van der Waals surface area (Å²) in [6, 6.07) is 1.89. The lowest BCUT2D eigenvalue weighted by molar-refractivity contribution is -0.151. The van der Waals surface area contributed by atoms with Gasteiger partial charge in [0.1, 0.15) is 0 Å². The van der Waals surface area contributed by atoms with Crippen molar-refractivity contribution in [3.63, 3.8) is 0 Å². The number of carbonyl (C=O) groups excluding carboxylic acids is 1. The highest BCUT2D eigenvalue weighted by molar-refractivity contribution is 9.10. The second kappa shape index (κ2) is 5.50. The van der Waals surface area contributed by atoms with E-state index in [1.54, 1.807) is 11.3 Å². The van der Waals surface area contributed by atoms with E-state index in [2.05, 4.69) is 15.9 Å². The molecule has 0 saturated heterocycles. The van der Waals surface area contributed by atoms with E-state index in [0.29, 0.717) is 6.42 Å². The van der Waals surface area contributed by atoms with Crippen LogP contribution in [0.4, 0.5) is 0 Å². The van der Waals surface area contributed by atoms with Crippen LogP contribution in [-0.2, 0) is 9.53 Å². The van der Waals surface area contributed by atoms with Gasteiger partial charge in [0, 0.05) is 20.3 Å². The van der Waals surface area contributed by atoms with Crippen molar-refractivity contribution in [3.05, 3.63) is 20.3 Å². The van der Waals surface area contributed by atoms with Gasteiger partial charge in [-0.3, -0.25) is 4.79 Å². The monoisotopic (exact) mass is 319 g/mol. The molecular weight excluding hydrogens is 302 g/mol. The number of rotatable bonds is 4. The molecule has 1 rings (SSSR count). The molecule has 5 heteroatoms. The van der Waals surface area contributed by atoms with Crippen LogP contribution in [0.5, 0.6) is 0 Å². The SMILES string of the molecule is COC(=O)C(C)(C)CC(N)c1sc(C)cc1Br. The molecule has 1 unspecified atom stereocenters. The summed E-state index contributed by atoms with van der Waals surface area (Å²) in [7, 11) is 1.40. The second-order valence-electron chi connectivity index (χ2n) is 4.76. The summed E-state index contributed by atoms with van der Waals surface area (Å²) >= 11 is 5.15. The van der Waals surface area contributed by atoms with Gasteiger partial charge in [0.25, 0.3) is 0 Å². The molecule has 17 heavy (non-hydrogen) atoms. The van der Waals surface area contributed by atoms with Crippen molar-refractivity contribution in [2.45, 2.75) is 33.2 Å². The minimum absolute atomic E-state index is 0.155. The van der Waals surface area contributed by atoms with Gasteiger partial charge in [0.2, 0.25) is 0 Å². The van der Waals surface area contributed by atoms with Gasteiger partial charge in [-0.1, -0.05) is 0 Å². The average Bonchev–Trinajstić information content (AvgIpc) is 2.56. The number of carbonyl (C=O) groups is 1. The first-order valence-corrected chi connectivity index (χ1v) is 6.98. The molecule has 0 aliphatic carbocycles. The molecule has 0 aromatic carbocycles. The fraction of sp³-hybridized carbons (Fsp3) is 0.583. The van der Waals surface area contributed by atoms with E-state index >= 15 is 0 Å². The standard InChI is InChI=1S/C12H18BrNO2S/c1-7-5-8(13)10(17-7)9(14)6-12(2,3)11(15)16-4/h5,9H,6,14H2,1-4H3. The third-order valence-electron chi connectivity index (χ3n) is 2.64. The molecule has 0 aliphatic heterocycles. The van der Waals surface area contributed by atoms with E-state index in [1.807, 2.05) is 26.8 Å². The lowest BCUT2D eigenvalue weighted by atomic mass is 9.85. The summed E-state index contributed by atoms with van der Waals surface area (Å²) in [4.78, 5) is 13.9. The molecule has 0 fully saturated rings. The number of methoxy groups -OCH3 is 1. The molecule has 1 aromatic rings. The van der Waals surface area contributed by atoms with Crippen molar-refractivity contribution in [3.8, 4) is 0 Å². The smallest absolute Gasteiger partial charge is 0.311 e. The summed E-state index contributed by atoms with van der Waals surface area (Å²) in [5, 5.41) is 0. The number of hydrogen-bond donors (Lipinski definition) is 1. The van der Waals surface area contributed by atoms with Crippen molar-refractivity contribution in [1.29, 1.82) is 0 Å². The zero-order valence-corrected chi connectivity index (χ0v) is 12.9. The van der Waals surface area contributed by atoms with Gasteiger partial charge in [-0.05, 0) is 49.2 Å². The second-order valence-corrected chi connectivity index (χ2v) is 6.90. The minimum Gasteiger partial charge on any atom is -0.469 e. The zero-order chi connectivity index (χ0) is 13.2. The third-order valence-corrected chi connectivity index (χ3v) is 4.74. The number of esters is 1. The first kappa shape index (κ1) is 14.7. The Balaban J connectivity index is 2.82. The van der Waals surface area contributed by atoms with Crippen LogP contribution in [0.25, 0.3) is 0 Å². The Morgan fingerprint density at radius 3 is 2.65 bits per heavy atom. The lowest BCUT2D eigenvalue weighted by Crippen LogP contribution is -2.30. The highest BCUT2D eigenvalue weighted by atomic mass is 79.9. The number of nitrogens with two attached hydrogens (primary N) is 1. The van der Waals surface area contributed by atoms with Gasteiger partial charge in [-0.2, -0.15) is 0 Å². The molecule has 0 bridgehead atoms. The first-order chi connectivity index (χ1) is 7.77. The molecular formula is C12H18BrNO2S. The maximum absolute atomic E-state index is 11.6. The Morgan fingerprint density at radius 2 is 2.24 bits per heavy atom. The summed E-state index contributed by atoms with van der Waals surface area (Å²) in [5.41, 5.74) is 5.60. The van der Waals surface area contributed by atoms with Crippen LogP contribution in [-0.4, -0.2) is 13.1 Å². The van der Waals surface area contributed by atoms with E-state index in [1.165, 1.54) is 12.0 Å². The van der Waals surface area contributed by atoms with E-state index in [4.69, 9.17) is 10.5 Å². The number of aryl methyl sites for hydroxylation is 1. The van der Waals surface area contributed by atoms with Crippen molar-refractivity contribution >= 4 is 33.2 Å². The van der Waals surface area contributed by atoms with Gasteiger partial charge >= 0.3 is 5.97 Å². The molecule has 0 radical (unpaired) electrons. The molecule has 96 valence electrons. The largest absolute Gasteiger partial charge is 0.469 e. The number of ether oxygens (including phenoxy) is 1. The number of thiophene rings is 1. The fourth-order valence-electron chi connectivity index (χ4n) is 1.76. The molecule has 0 saturated carbocycles. The lowest BCUT2D eigenvalue weighted by Gasteiger charge is -2.24. The van der Waals surface area contributed by atoms with Gasteiger partial charge in [0.15, 0.2) is 0 Å². The fourth-order valence-corrected chi connectivity index (χ4v) is 3.70. The normalized spacial score (nSPS) is 13.5. The van der Waals surface area contributed by atoms with E-state index in [-0.39, 0.29) is 12.0 Å². The molecule has 0 aliphatic rings.